The Hall–Kier alpha value is -4.64. The molecule has 3 fully saturated rings. The van der Waals surface area contributed by atoms with Crippen molar-refractivity contribution in [1.82, 2.24) is 30.5 Å². The minimum Gasteiger partial charge on any atom is -0.384 e. The molecule has 0 radical (unpaired) electrons. The number of benzene rings is 1. The minimum absolute atomic E-state index is 0.0219. The number of hydrogen-bond acceptors (Lipinski definition) is 9. The largest absolute Gasteiger partial charge is 0.384 e. The van der Waals surface area contributed by atoms with Crippen molar-refractivity contribution < 1.29 is 29.1 Å². The Morgan fingerprint density at radius 2 is 1.71 bits per heavy atom. The molecule has 2 saturated carbocycles. The Labute approximate surface area is 285 Å². The van der Waals surface area contributed by atoms with E-state index < -0.39 is 58.7 Å². The molecule has 1 aliphatic heterocycles. The fourth-order valence-electron chi connectivity index (χ4n) is 7.67. The van der Waals surface area contributed by atoms with Gasteiger partial charge in [-0.25, -0.2) is 4.68 Å². The first-order valence-corrected chi connectivity index (χ1v) is 17.2. The van der Waals surface area contributed by atoms with Crippen LogP contribution in [0.5, 0.6) is 0 Å². The predicted molar refractivity (Wildman–Crippen MR) is 176 cm³/mol. The van der Waals surface area contributed by atoms with E-state index in [1.807, 2.05) is 6.07 Å². The molecule has 2 heterocycles. The van der Waals surface area contributed by atoms with Gasteiger partial charge in [0.1, 0.15) is 23.2 Å². The smallest absolute Gasteiger partial charge is 0.287 e. The van der Waals surface area contributed by atoms with Crippen molar-refractivity contribution >= 4 is 29.4 Å². The molecule has 1 saturated heterocycles. The van der Waals surface area contributed by atoms with Gasteiger partial charge in [0.2, 0.25) is 17.6 Å². The number of carbonyl (C=O) groups is 5. The summed E-state index contributed by atoms with van der Waals surface area (Å²) < 4.78 is 1.52. The molecule has 1 aromatic heterocycles. The maximum absolute atomic E-state index is 14.7. The van der Waals surface area contributed by atoms with E-state index in [2.05, 4.69) is 20.9 Å². The number of carbonyl (C=O) groups excluding carboxylic acids is 5. The SMILES string of the molecule is CC(C)(O)c1cnnn1C1CC(C(=O)NC2(C(=O)C(N)=O)CCCCC2)N(C(=O)[C@@H](CC2CCCCC2)NC(=O)c2ccc(C#N)cc2)C1. The molecule has 262 valence electrons. The molecule has 0 spiro atoms. The van der Waals surface area contributed by atoms with Gasteiger partial charge in [-0.05, 0) is 63.3 Å². The Morgan fingerprint density at radius 1 is 1.06 bits per heavy atom. The number of hydrogen-bond donors (Lipinski definition) is 4. The van der Waals surface area contributed by atoms with Crippen LogP contribution in [0.4, 0.5) is 0 Å². The molecule has 14 nitrogen and oxygen atoms in total. The van der Waals surface area contributed by atoms with Gasteiger partial charge in [0.15, 0.2) is 0 Å². The van der Waals surface area contributed by atoms with Crippen molar-refractivity contribution in [2.75, 3.05) is 6.54 Å². The molecule has 5 N–H and O–H groups in total. The molecule has 2 aliphatic carbocycles. The normalized spacial score (nSPS) is 21.7. The molecular formula is C35H46N8O6. The maximum atomic E-state index is 14.7. The third-order valence-corrected chi connectivity index (χ3v) is 10.3. The zero-order valence-electron chi connectivity index (χ0n) is 28.2. The van der Waals surface area contributed by atoms with Crippen molar-refractivity contribution in [3.63, 3.8) is 0 Å². The second kappa shape index (κ2) is 14.9. The lowest BCUT2D eigenvalue weighted by molar-refractivity contribution is -0.145. The van der Waals surface area contributed by atoms with Crippen molar-refractivity contribution in [3.8, 4) is 6.07 Å². The Bertz CT molecular complexity index is 1590. The fourth-order valence-corrected chi connectivity index (χ4v) is 7.67. The third-order valence-electron chi connectivity index (χ3n) is 10.3. The lowest BCUT2D eigenvalue weighted by atomic mass is 9.78. The van der Waals surface area contributed by atoms with E-state index in [0.717, 1.165) is 38.5 Å². The Morgan fingerprint density at radius 3 is 2.33 bits per heavy atom. The second-order valence-corrected chi connectivity index (χ2v) is 14.3. The molecule has 49 heavy (non-hydrogen) atoms. The van der Waals surface area contributed by atoms with Crippen LogP contribution in [0.3, 0.4) is 0 Å². The average Bonchev–Trinajstić information content (AvgIpc) is 3.77. The van der Waals surface area contributed by atoms with Crippen LogP contribution in [-0.4, -0.2) is 78.6 Å². The highest BCUT2D eigenvalue weighted by molar-refractivity contribution is 6.39. The first-order chi connectivity index (χ1) is 23.3. The number of rotatable bonds is 11. The topological polar surface area (TPSA) is 213 Å². The van der Waals surface area contributed by atoms with Crippen LogP contribution in [0.1, 0.15) is 119 Å². The number of likely N-dealkylation sites (tertiary alicyclic amines) is 1. The van der Waals surface area contributed by atoms with Gasteiger partial charge in [-0.3, -0.25) is 24.0 Å². The molecule has 5 rings (SSSR count). The summed E-state index contributed by atoms with van der Waals surface area (Å²) in [4.78, 5) is 69.1. The van der Waals surface area contributed by atoms with Crippen LogP contribution >= 0.6 is 0 Å². The number of aliphatic hydroxyl groups is 1. The lowest BCUT2D eigenvalue weighted by Gasteiger charge is -2.38. The lowest BCUT2D eigenvalue weighted by Crippen LogP contribution is -2.62. The van der Waals surface area contributed by atoms with Gasteiger partial charge in [-0.15, -0.1) is 5.10 Å². The molecule has 1 aromatic carbocycles. The monoisotopic (exact) mass is 674 g/mol. The zero-order valence-corrected chi connectivity index (χ0v) is 28.2. The third kappa shape index (κ3) is 7.99. The van der Waals surface area contributed by atoms with Gasteiger partial charge in [-0.1, -0.05) is 56.6 Å². The van der Waals surface area contributed by atoms with Gasteiger partial charge >= 0.3 is 0 Å². The van der Waals surface area contributed by atoms with E-state index in [1.54, 1.807) is 13.8 Å². The molecule has 4 amide bonds. The highest BCUT2D eigenvalue weighted by Gasteiger charge is 2.49. The van der Waals surface area contributed by atoms with Crippen molar-refractivity contribution in [2.24, 2.45) is 11.7 Å². The summed E-state index contributed by atoms with van der Waals surface area (Å²) in [6.07, 6.45) is 9.45. The number of ketones is 1. The number of primary amides is 1. The molecule has 2 unspecified atom stereocenters. The standard InChI is InChI=1S/C35H46N8O6/c1-34(2,49)28-20-38-41-43(28)25-18-27(32(47)40-35(29(44)30(37)45)15-7-4-8-16-35)42(21-25)33(48)26(17-22-9-5-3-6-10-22)39-31(46)24-13-11-23(19-36)12-14-24/h11-14,20,22,25-27,49H,3-10,15-18,21H2,1-2H3,(H2,37,45)(H,39,46)(H,40,47)/t25?,26-,27?/m1/s1. The van der Waals surface area contributed by atoms with Crippen LogP contribution in [0.15, 0.2) is 30.5 Å². The van der Waals surface area contributed by atoms with Gasteiger partial charge in [-0.2, -0.15) is 5.26 Å². The number of aromatic nitrogens is 3. The Balaban J connectivity index is 1.48. The van der Waals surface area contributed by atoms with Crippen LogP contribution < -0.4 is 16.4 Å². The summed E-state index contributed by atoms with van der Waals surface area (Å²) >= 11 is 0. The summed E-state index contributed by atoms with van der Waals surface area (Å²) in [5, 5.41) is 34.0. The van der Waals surface area contributed by atoms with Crippen molar-refractivity contribution in [1.29, 1.82) is 5.26 Å². The zero-order chi connectivity index (χ0) is 35.3. The first kappa shape index (κ1) is 35.7. The van der Waals surface area contributed by atoms with Crippen LogP contribution in [-0.2, 0) is 24.8 Å². The first-order valence-electron chi connectivity index (χ1n) is 17.2. The summed E-state index contributed by atoms with van der Waals surface area (Å²) in [7, 11) is 0. The molecule has 3 atom stereocenters. The number of nitrogens with two attached hydrogens (primary N) is 1. The van der Waals surface area contributed by atoms with Gasteiger partial charge in [0.25, 0.3) is 11.8 Å². The maximum Gasteiger partial charge on any atom is 0.287 e. The van der Waals surface area contributed by atoms with Crippen LogP contribution in [0.2, 0.25) is 0 Å². The molecule has 14 heteroatoms. The molecule has 3 aliphatic rings. The number of nitrogens with zero attached hydrogens (tertiary/aromatic N) is 5. The van der Waals surface area contributed by atoms with Gasteiger partial charge in [0, 0.05) is 18.5 Å². The highest BCUT2D eigenvalue weighted by Crippen LogP contribution is 2.35. The number of nitriles is 1. The molecule has 0 bridgehead atoms. The summed E-state index contributed by atoms with van der Waals surface area (Å²) in [6, 6.07) is 5.52. The van der Waals surface area contributed by atoms with E-state index in [4.69, 9.17) is 5.73 Å². The van der Waals surface area contributed by atoms with Crippen molar-refractivity contribution in [2.45, 2.75) is 120 Å². The summed E-state index contributed by atoms with van der Waals surface area (Å²) in [6.45, 7) is 3.20. The van der Waals surface area contributed by atoms with E-state index in [-0.39, 0.29) is 37.3 Å². The predicted octanol–water partition coefficient (Wildman–Crippen LogP) is 2.16. The van der Waals surface area contributed by atoms with Crippen LogP contribution in [0, 0.1) is 17.2 Å². The van der Waals surface area contributed by atoms with Gasteiger partial charge in [0.05, 0.1) is 29.6 Å². The van der Waals surface area contributed by atoms with Crippen molar-refractivity contribution in [3.05, 3.63) is 47.3 Å². The summed E-state index contributed by atoms with van der Waals surface area (Å²) in [5.74, 6) is -3.35. The number of amides is 4. The quantitative estimate of drug-likeness (QED) is 0.257. The molecule has 2 aromatic rings. The number of Topliss-reactive ketones (excluding diaryl/α,β-unsaturated/α-hetero) is 1. The second-order valence-electron chi connectivity index (χ2n) is 14.3. The fraction of sp³-hybridized carbons (Fsp3) is 0.600. The molecular weight excluding hydrogens is 628 g/mol. The van der Waals surface area contributed by atoms with E-state index >= 15 is 0 Å². The number of nitrogens with one attached hydrogen (secondary N) is 2. The average molecular weight is 675 g/mol. The van der Waals surface area contributed by atoms with Gasteiger partial charge < -0.3 is 26.4 Å². The van der Waals surface area contributed by atoms with E-state index in [1.165, 1.54) is 40.0 Å². The Kier molecular flexibility index (Phi) is 10.8. The highest BCUT2D eigenvalue weighted by atomic mass is 16.3. The van der Waals surface area contributed by atoms with E-state index in [0.29, 0.717) is 30.5 Å². The van der Waals surface area contributed by atoms with E-state index in [9.17, 15) is 34.3 Å². The minimum atomic E-state index is -1.47. The summed E-state index contributed by atoms with van der Waals surface area (Å²) in [5.41, 5.74) is 3.73. The van der Waals surface area contributed by atoms with Crippen LogP contribution in [0.25, 0.3) is 0 Å².